The first-order valence-electron chi connectivity index (χ1n) is 10.5. The van der Waals surface area contributed by atoms with Crippen LogP contribution in [-0.2, 0) is 25.7 Å². The minimum atomic E-state index is -1.32. The van der Waals surface area contributed by atoms with Gasteiger partial charge in [0.05, 0.1) is 4.92 Å². The number of non-ortho nitro benzene ring substituents is 1. The number of rotatable bonds is 8. The molecule has 2 aliphatic heterocycles. The first kappa shape index (κ1) is 24.2. The molecule has 2 aromatic carbocycles. The molecule has 2 aliphatic rings. The van der Waals surface area contributed by atoms with Gasteiger partial charge in [-0.05, 0) is 35.4 Å². The highest BCUT2D eigenvalue weighted by molar-refractivity contribution is 8.12. The number of para-hydroxylation sites is 1. The third-order valence-corrected chi connectivity index (χ3v) is 7.26. The van der Waals surface area contributed by atoms with Gasteiger partial charge in [-0.15, -0.1) is 0 Å². The standard InChI is InChI=1S/C23H22N3O8S/c1-14-13-35(32)22-19(24-18(27)12-33-17-5-3-2-4-6-17)21(28)25(22)20(14)23(29)34-11-15-7-9-16(10-8-15)26(30)31/h2-10,19-20,22,32H,1,11-13H2,(H,24,27). The Morgan fingerprint density at radius 3 is 2.54 bits per heavy atom. The van der Waals surface area contributed by atoms with Gasteiger partial charge in [0.1, 0.15) is 23.8 Å². The second kappa shape index (κ2) is 10.2. The zero-order valence-corrected chi connectivity index (χ0v) is 19.2. The van der Waals surface area contributed by atoms with Crippen LogP contribution in [0, 0.1) is 10.1 Å². The zero-order chi connectivity index (χ0) is 25.1. The predicted molar refractivity (Wildman–Crippen MR) is 125 cm³/mol. The van der Waals surface area contributed by atoms with Gasteiger partial charge in [-0.1, -0.05) is 36.0 Å². The summed E-state index contributed by atoms with van der Waals surface area (Å²) in [7, 11) is 0. The molecule has 2 N–H and O–H groups in total. The molecule has 2 fully saturated rings. The Labute approximate surface area is 203 Å². The fourth-order valence-corrected chi connectivity index (χ4v) is 5.54. The summed E-state index contributed by atoms with van der Waals surface area (Å²) in [5, 5.41) is 12.5. The molecular formula is C23H22N3O8S. The predicted octanol–water partition coefficient (Wildman–Crippen LogP) is 2.05. The van der Waals surface area contributed by atoms with Crippen LogP contribution < -0.4 is 10.1 Å². The molecule has 4 rings (SSSR count). The minimum Gasteiger partial charge on any atom is -0.484 e. The van der Waals surface area contributed by atoms with E-state index in [2.05, 4.69) is 11.9 Å². The van der Waals surface area contributed by atoms with Crippen LogP contribution in [0.4, 0.5) is 5.69 Å². The minimum absolute atomic E-state index is 0.0820. The third kappa shape index (κ3) is 5.12. The molecule has 11 nitrogen and oxygen atoms in total. The van der Waals surface area contributed by atoms with Crippen LogP contribution in [0.1, 0.15) is 5.56 Å². The van der Waals surface area contributed by atoms with Crippen LogP contribution >= 0.6 is 11.2 Å². The average molecular weight is 501 g/mol. The van der Waals surface area contributed by atoms with Crippen molar-refractivity contribution in [2.75, 3.05) is 12.4 Å². The number of hydrogen-bond donors (Lipinski definition) is 2. The first-order valence-corrected chi connectivity index (χ1v) is 11.9. The fraction of sp³-hybridized carbons (Fsp3) is 0.261. The summed E-state index contributed by atoms with van der Waals surface area (Å²) in [5.41, 5.74) is 0.764. The lowest BCUT2D eigenvalue weighted by molar-refractivity contribution is -0.384. The van der Waals surface area contributed by atoms with E-state index < -0.39 is 51.3 Å². The normalized spacial score (nSPS) is 21.5. The Balaban J connectivity index is 1.36. The van der Waals surface area contributed by atoms with Crippen LogP contribution in [0.3, 0.4) is 0 Å². The van der Waals surface area contributed by atoms with Crippen molar-refractivity contribution >= 4 is 34.6 Å². The number of amides is 2. The zero-order valence-electron chi connectivity index (χ0n) is 18.4. The maximum atomic E-state index is 12.8. The number of benzene rings is 2. The van der Waals surface area contributed by atoms with Gasteiger partial charge in [-0.2, -0.15) is 0 Å². The molecule has 12 heteroatoms. The highest BCUT2D eigenvalue weighted by Crippen LogP contribution is 2.47. The van der Waals surface area contributed by atoms with Crippen molar-refractivity contribution in [1.82, 2.24) is 10.2 Å². The van der Waals surface area contributed by atoms with Crippen LogP contribution in [-0.4, -0.2) is 62.0 Å². The molecule has 0 spiro atoms. The summed E-state index contributed by atoms with van der Waals surface area (Å²) in [4.78, 5) is 49.4. The van der Waals surface area contributed by atoms with Gasteiger partial charge < -0.3 is 24.2 Å². The van der Waals surface area contributed by atoms with Crippen molar-refractivity contribution in [1.29, 1.82) is 0 Å². The second-order valence-corrected chi connectivity index (χ2v) is 9.49. The quantitative estimate of drug-likeness (QED) is 0.184. The van der Waals surface area contributed by atoms with Crippen LogP contribution in [0.25, 0.3) is 0 Å². The number of nitro groups is 1. The summed E-state index contributed by atoms with van der Waals surface area (Å²) < 4.78 is 21.3. The molecule has 2 aromatic rings. The van der Waals surface area contributed by atoms with E-state index in [-0.39, 0.29) is 24.7 Å². The number of esters is 1. The van der Waals surface area contributed by atoms with Gasteiger partial charge in [0, 0.05) is 17.9 Å². The molecule has 3 unspecified atom stereocenters. The number of hydrogen-bond acceptors (Lipinski definition) is 8. The summed E-state index contributed by atoms with van der Waals surface area (Å²) in [6, 6.07) is 12.1. The van der Waals surface area contributed by atoms with Gasteiger partial charge in [0.2, 0.25) is 5.91 Å². The monoisotopic (exact) mass is 500 g/mol. The maximum absolute atomic E-state index is 12.8. The Kier molecular flexibility index (Phi) is 7.03. The lowest BCUT2D eigenvalue weighted by Crippen LogP contribution is -2.76. The largest absolute Gasteiger partial charge is 0.484 e. The molecule has 1 radical (unpaired) electrons. The Bertz CT molecular complexity index is 1160. The van der Waals surface area contributed by atoms with E-state index in [0.29, 0.717) is 16.9 Å². The lowest BCUT2D eigenvalue weighted by Gasteiger charge is -2.55. The average Bonchev–Trinajstić information content (AvgIpc) is 2.85. The number of β-lactam (4-membered cyclic amide) rings is 1. The molecule has 2 saturated heterocycles. The number of nitrogens with zero attached hydrogens (tertiary/aromatic N) is 2. The van der Waals surface area contributed by atoms with Crippen molar-refractivity contribution in [3.63, 3.8) is 0 Å². The molecule has 2 amide bonds. The number of fused-ring (bicyclic) bond motifs is 1. The van der Waals surface area contributed by atoms with Gasteiger partial charge >= 0.3 is 5.97 Å². The van der Waals surface area contributed by atoms with E-state index in [1.165, 1.54) is 29.2 Å². The smallest absolute Gasteiger partial charge is 0.333 e. The second-order valence-electron chi connectivity index (χ2n) is 7.92. The van der Waals surface area contributed by atoms with Gasteiger partial charge in [0.15, 0.2) is 12.6 Å². The van der Waals surface area contributed by atoms with Crippen LogP contribution in [0.2, 0.25) is 0 Å². The molecule has 0 saturated carbocycles. The van der Waals surface area contributed by atoms with Crippen LogP contribution in [0.15, 0.2) is 66.7 Å². The van der Waals surface area contributed by atoms with Crippen molar-refractivity contribution < 1.29 is 33.3 Å². The summed E-state index contributed by atoms with van der Waals surface area (Å²) in [5.74, 6) is -1.23. The van der Waals surface area contributed by atoms with E-state index in [1.54, 1.807) is 30.3 Å². The Morgan fingerprint density at radius 1 is 1.20 bits per heavy atom. The lowest BCUT2D eigenvalue weighted by atomic mass is 9.98. The number of carbonyl (C=O) groups excluding carboxylic acids is 3. The van der Waals surface area contributed by atoms with E-state index in [1.807, 2.05) is 0 Å². The number of nitrogens with one attached hydrogen (secondary N) is 1. The summed E-state index contributed by atoms with van der Waals surface area (Å²) in [6.45, 7) is 3.36. The molecule has 2 heterocycles. The van der Waals surface area contributed by atoms with Gasteiger partial charge in [0.25, 0.3) is 11.6 Å². The van der Waals surface area contributed by atoms with E-state index >= 15 is 0 Å². The van der Waals surface area contributed by atoms with E-state index in [9.17, 15) is 29.1 Å². The fourth-order valence-electron chi connectivity index (χ4n) is 3.84. The first-order chi connectivity index (χ1) is 16.8. The molecule has 183 valence electrons. The van der Waals surface area contributed by atoms with Crippen molar-refractivity contribution in [2.45, 2.75) is 24.1 Å². The molecule has 0 bridgehead atoms. The van der Waals surface area contributed by atoms with Gasteiger partial charge in [-0.25, -0.2) is 4.79 Å². The molecular weight excluding hydrogens is 478 g/mol. The van der Waals surface area contributed by atoms with Crippen molar-refractivity contribution in [2.24, 2.45) is 0 Å². The molecule has 3 atom stereocenters. The molecule has 35 heavy (non-hydrogen) atoms. The van der Waals surface area contributed by atoms with E-state index in [0.717, 1.165) is 0 Å². The van der Waals surface area contributed by atoms with Gasteiger partial charge in [-0.3, -0.25) is 19.7 Å². The van der Waals surface area contributed by atoms with Crippen molar-refractivity contribution in [3.05, 3.63) is 82.4 Å². The molecule has 0 aliphatic carbocycles. The van der Waals surface area contributed by atoms with Crippen LogP contribution in [0.5, 0.6) is 5.75 Å². The Morgan fingerprint density at radius 2 is 1.89 bits per heavy atom. The number of ether oxygens (including phenoxy) is 2. The number of carbonyl (C=O) groups is 3. The number of nitro benzene ring substituents is 1. The third-order valence-electron chi connectivity index (χ3n) is 5.54. The van der Waals surface area contributed by atoms with E-state index in [4.69, 9.17) is 9.47 Å². The Hall–Kier alpha value is -3.90. The summed E-state index contributed by atoms with van der Waals surface area (Å²) >= 11 is -1.32. The molecule has 0 aromatic heterocycles. The topological polar surface area (TPSA) is 148 Å². The summed E-state index contributed by atoms with van der Waals surface area (Å²) in [6.07, 6.45) is 0. The van der Waals surface area contributed by atoms with Crippen molar-refractivity contribution in [3.8, 4) is 5.75 Å². The maximum Gasteiger partial charge on any atom is 0.333 e. The highest BCUT2D eigenvalue weighted by Gasteiger charge is 2.59. The SMILES string of the molecule is C=C1C[S](O)C2C(NC(=O)COc3ccccc3)C(=O)N2C1C(=O)OCc1ccc([N+](=O)[O-])cc1. The highest BCUT2D eigenvalue weighted by atomic mass is 32.2.